The standard InChI is InChI=1S/C8H12N2O.C2H6/c1-6-9-7-3-4-10(2)5-8(7)11-6;1-2/h3-5H2,1-2H3;1-2H3. The molecule has 1 aromatic heterocycles. The normalized spacial score (nSPS) is 16.0. The molecule has 74 valence electrons. The molecule has 3 heteroatoms. The molecule has 0 radical (unpaired) electrons. The summed E-state index contributed by atoms with van der Waals surface area (Å²) in [6, 6.07) is 0. The van der Waals surface area contributed by atoms with Gasteiger partial charge < -0.3 is 4.42 Å². The third kappa shape index (κ3) is 2.31. The van der Waals surface area contributed by atoms with Crippen LogP contribution in [0, 0.1) is 6.92 Å². The van der Waals surface area contributed by atoms with Gasteiger partial charge >= 0.3 is 0 Å². The number of likely N-dealkylation sites (N-methyl/N-ethyl adjacent to an activating group) is 1. The number of nitrogens with zero attached hydrogens (tertiary/aromatic N) is 2. The Kier molecular flexibility index (Phi) is 3.48. The van der Waals surface area contributed by atoms with E-state index in [1.807, 2.05) is 20.8 Å². The van der Waals surface area contributed by atoms with Crippen molar-refractivity contribution < 1.29 is 4.42 Å². The number of aromatic nitrogens is 1. The second-order valence-corrected chi connectivity index (χ2v) is 3.09. The zero-order valence-electron chi connectivity index (χ0n) is 8.92. The first kappa shape index (κ1) is 10.3. The van der Waals surface area contributed by atoms with Crippen LogP contribution in [0.1, 0.15) is 31.2 Å². The largest absolute Gasteiger partial charge is 0.444 e. The lowest BCUT2D eigenvalue weighted by Crippen LogP contribution is -2.25. The molecule has 13 heavy (non-hydrogen) atoms. The molecule has 2 heterocycles. The quantitative estimate of drug-likeness (QED) is 0.614. The van der Waals surface area contributed by atoms with E-state index in [1.54, 1.807) is 0 Å². The molecular weight excluding hydrogens is 164 g/mol. The van der Waals surface area contributed by atoms with Crippen LogP contribution in [0.4, 0.5) is 0 Å². The third-order valence-corrected chi connectivity index (χ3v) is 2.03. The summed E-state index contributed by atoms with van der Waals surface area (Å²) in [4.78, 5) is 6.54. The number of hydrogen-bond acceptors (Lipinski definition) is 3. The Hall–Kier alpha value is -0.830. The summed E-state index contributed by atoms with van der Waals surface area (Å²) < 4.78 is 5.42. The van der Waals surface area contributed by atoms with Gasteiger partial charge in [0.25, 0.3) is 0 Å². The van der Waals surface area contributed by atoms with E-state index in [0.717, 1.165) is 36.9 Å². The Morgan fingerprint density at radius 2 is 2.08 bits per heavy atom. The van der Waals surface area contributed by atoms with Gasteiger partial charge in [0.15, 0.2) is 5.89 Å². The second-order valence-electron chi connectivity index (χ2n) is 3.09. The van der Waals surface area contributed by atoms with Gasteiger partial charge in [-0.3, -0.25) is 4.90 Å². The predicted molar refractivity (Wildman–Crippen MR) is 52.6 cm³/mol. The summed E-state index contributed by atoms with van der Waals surface area (Å²) in [7, 11) is 2.10. The van der Waals surface area contributed by atoms with Gasteiger partial charge in [0.05, 0.1) is 12.2 Å². The van der Waals surface area contributed by atoms with Crippen molar-refractivity contribution in [1.29, 1.82) is 0 Å². The summed E-state index contributed by atoms with van der Waals surface area (Å²) in [5, 5.41) is 0. The lowest BCUT2D eigenvalue weighted by molar-refractivity contribution is 0.275. The molecule has 0 N–H and O–H groups in total. The van der Waals surface area contributed by atoms with E-state index >= 15 is 0 Å². The van der Waals surface area contributed by atoms with Crippen molar-refractivity contribution in [3.05, 3.63) is 17.3 Å². The highest BCUT2D eigenvalue weighted by atomic mass is 16.4. The first-order valence-corrected chi connectivity index (χ1v) is 4.89. The second kappa shape index (κ2) is 4.42. The van der Waals surface area contributed by atoms with Crippen molar-refractivity contribution in [3.63, 3.8) is 0 Å². The van der Waals surface area contributed by atoms with Crippen LogP contribution in [0.3, 0.4) is 0 Å². The summed E-state index contributed by atoms with van der Waals surface area (Å²) in [5.41, 5.74) is 1.15. The van der Waals surface area contributed by atoms with Gasteiger partial charge in [0, 0.05) is 19.9 Å². The van der Waals surface area contributed by atoms with Gasteiger partial charge in [-0.25, -0.2) is 4.98 Å². The highest BCUT2D eigenvalue weighted by molar-refractivity contribution is 5.12. The van der Waals surface area contributed by atoms with Crippen molar-refractivity contribution >= 4 is 0 Å². The van der Waals surface area contributed by atoms with E-state index < -0.39 is 0 Å². The minimum absolute atomic E-state index is 0.797. The average molecular weight is 182 g/mol. The van der Waals surface area contributed by atoms with E-state index in [1.165, 1.54) is 0 Å². The van der Waals surface area contributed by atoms with E-state index in [4.69, 9.17) is 4.42 Å². The molecule has 0 spiro atoms. The number of oxazole rings is 1. The molecule has 2 rings (SSSR count). The van der Waals surface area contributed by atoms with E-state index in [2.05, 4.69) is 16.9 Å². The molecule has 0 aliphatic carbocycles. The molecule has 0 saturated carbocycles. The van der Waals surface area contributed by atoms with E-state index in [0.29, 0.717) is 0 Å². The Morgan fingerprint density at radius 3 is 2.77 bits per heavy atom. The van der Waals surface area contributed by atoms with Gasteiger partial charge in [-0.1, -0.05) is 13.8 Å². The minimum Gasteiger partial charge on any atom is -0.444 e. The van der Waals surface area contributed by atoms with Crippen LogP contribution in [0.5, 0.6) is 0 Å². The number of aryl methyl sites for hydroxylation is 1. The zero-order chi connectivity index (χ0) is 9.84. The van der Waals surface area contributed by atoms with E-state index in [-0.39, 0.29) is 0 Å². The Bertz CT molecular complexity index is 268. The molecule has 0 saturated heterocycles. The monoisotopic (exact) mass is 182 g/mol. The fraction of sp³-hybridized carbons (Fsp3) is 0.700. The predicted octanol–water partition coefficient (Wildman–Crippen LogP) is 2.00. The van der Waals surface area contributed by atoms with Gasteiger partial charge in [-0.05, 0) is 7.05 Å². The Morgan fingerprint density at radius 1 is 1.38 bits per heavy atom. The molecule has 1 aromatic rings. The van der Waals surface area contributed by atoms with Crippen LogP contribution in [-0.2, 0) is 13.0 Å². The van der Waals surface area contributed by atoms with Gasteiger partial charge in [0.2, 0.25) is 0 Å². The molecule has 3 nitrogen and oxygen atoms in total. The molecule has 1 aliphatic rings. The number of fused-ring (bicyclic) bond motifs is 1. The highest BCUT2D eigenvalue weighted by Crippen LogP contribution is 2.17. The summed E-state index contributed by atoms with van der Waals surface area (Å²) in [6.45, 7) is 7.91. The lowest BCUT2D eigenvalue weighted by atomic mass is 10.2. The Labute approximate surface area is 79.8 Å². The fourth-order valence-corrected chi connectivity index (χ4v) is 1.45. The smallest absolute Gasteiger partial charge is 0.191 e. The lowest BCUT2D eigenvalue weighted by Gasteiger charge is -2.19. The average Bonchev–Trinajstić information content (AvgIpc) is 2.48. The van der Waals surface area contributed by atoms with Crippen molar-refractivity contribution in [1.82, 2.24) is 9.88 Å². The molecule has 0 unspecified atom stereocenters. The van der Waals surface area contributed by atoms with Gasteiger partial charge in [-0.2, -0.15) is 0 Å². The summed E-state index contributed by atoms with van der Waals surface area (Å²) >= 11 is 0. The molecule has 0 bridgehead atoms. The molecular formula is C10H18N2O. The van der Waals surface area contributed by atoms with Crippen molar-refractivity contribution in [3.8, 4) is 0 Å². The summed E-state index contributed by atoms with van der Waals surface area (Å²) in [5.74, 6) is 1.85. The first-order valence-electron chi connectivity index (χ1n) is 4.89. The van der Waals surface area contributed by atoms with Gasteiger partial charge in [0.1, 0.15) is 5.76 Å². The Balaban J connectivity index is 0.000000396. The fourth-order valence-electron chi connectivity index (χ4n) is 1.45. The van der Waals surface area contributed by atoms with Crippen molar-refractivity contribution in [2.45, 2.75) is 33.7 Å². The molecule has 1 aliphatic heterocycles. The molecule has 0 fully saturated rings. The van der Waals surface area contributed by atoms with Crippen molar-refractivity contribution in [2.24, 2.45) is 0 Å². The van der Waals surface area contributed by atoms with Crippen LogP contribution in [0.15, 0.2) is 4.42 Å². The van der Waals surface area contributed by atoms with Crippen LogP contribution < -0.4 is 0 Å². The maximum absolute atomic E-state index is 5.42. The molecule has 0 atom stereocenters. The van der Waals surface area contributed by atoms with Gasteiger partial charge in [-0.15, -0.1) is 0 Å². The van der Waals surface area contributed by atoms with Crippen LogP contribution in [0.25, 0.3) is 0 Å². The van der Waals surface area contributed by atoms with Crippen LogP contribution in [-0.4, -0.2) is 23.5 Å². The SMILES string of the molecule is CC.Cc1nc2c(o1)CN(C)CC2. The molecule has 0 amide bonds. The number of rotatable bonds is 0. The topological polar surface area (TPSA) is 29.3 Å². The molecule has 0 aromatic carbocycles. The maximum atomic E-state index is 5.42. The van der Waals surface area contributed by atoms with Crippen LogP contribution in [0.2, 0.25) is 0 Å². The third-order valence-electron chi connectivity index (χ3n) is 2.03. The highest BCUT2D eigenvalue weighted by Gasteiger charge is 2.17. The summed E-state index contributed by atoms with van der Waals surface area (Å²) in [6.07, 6.45) is 1.03. The first-order chi connectivity index (χ1) is 6.25. The van der Waals surface area contributed by atoms with Crippen molar-refractivity contribution in [2.75, 3.05) is 13.6 Å². The minimum atomic E-state index is 0.797. The number of hydrogen-bond donors (Lipinski definition) is 0. The maximum Gasteiger partial charge on any atom is 0.191 e. The van der Waals surface area contributed by atoms with Crippen LogP contribution >= 0.6 is 0 Å². The zero-order valence-corrected chi connectivity index (χ0v) is 8.92. The van der Waals surface area contributed by atoms with E-state index in [9.17, 15) is 0 Å².